The van der Waals surface area contributed by atoms with Gasteiger partial charge in [0.05, 0.1) is 22.9 Å². The van der Waals surface area contributed by atoms with Crippen LogP contribution in [0, 0.1) is 5.92 Å². The molecule has 0 spiro atoms. The van der Waals surface area contributed by atoms with Crippen LogP contribution in [0.1, 0.15) is 39.1 Å². The highest BCUT2D eigenvalue weighted by atomic mass is 16.5. The van der Waals surface area contributed by atoms with Crippen LogP contribution in [0.15, 0.2) is 47.6 Å². The van der Waals surface area contributed by atoms with Crippen molar-refractivity contribution in [2.24, 2.45) is 5.92 Å². The molecule has 0 aliphatic rings. The molecule has 11 heteroatoms. The van der Waals surface area contributed by atoms with Gasteiger partial charge in [-0.3, -0.25) is 14.5 Å². The zero-order valence-corrected chi connectivity index (χ0v) is 19.6. The van der Waals surface area contributed by atoms with Crippen molar-refractivity contribution in [2.75, 3.05) is 12.3 Å². The van der Waals surface area contributed by atoms with Crippen LogP contribution < -0.4 is 11.1 Å². The number of pyridine rings is 1. The quantitative estimate of drug-likeness (QED) is 0.403. The Balaban J connectivity index is 1.60. The second-order valence-electron chi connectivity index (χ2n) is 8.42. The molecule has 0 aromatic carbocycles. The number of hydrogen-bond acceptors (Lipinski definition) is 9. The Bertz CT molecular complexity index is 1260. The molecule has 0 fully saturated rings. The third kappa shape index (κ3) is 4.49. The first-order valence-electron chi connectivity index (χ1n) is 11.0. The Morgan fingerprint density at radius 2 is 1.91 bits per heavy atom. The van der Waals surface area contributed by atoms with E-state index in [0.29, 0.717) is 23.8 Å². The van der Waals surface area contributed by atoms with Crippen LogP contribution in [0.4, 0.5) is 5.95 Å². The predicted octanol–water partition coefficient (Wildman–Crippen LogP) is 2.47. The molecule has 0 radical (unpaired) electrons. The number of nitrogen functional groups attached to an aromatic ring is 1. The van der Waals surface area contributed by atoms with Gasteiger partial charge in [-0.1, -0.05) is 25.1 Å². The van der Waals surface area contributed by atoms with E-state index >= 15 is 0 Å². The van der Waals surface area contributed by atoms with Gasteiger partial charge in [0.2, 0.25) is 11.9 Å². The number of likely N-dealkylation sites (N-methyl/N-ethyl adjacent to an activating group) is 1. The molecule has 176 valence electrons. The van der Waals surface area contributed by atoms with E-state index in [9.17, 15) is 4.79 Å². The lowest BCUT2D eigenvalue weighted by atomic mass is 9.73. The van der Waals surface area contributed by atoms with Crippen molar-refractivity contribution in [1.82, 2.24) is 40.2 Å². The van der Waals surface area contributed by atoms with E-state index in [2.05, 4.69) is 56.3 Å². The van der Waals surface area contributed by atoms with Crippen LogP contribution in [-0.4, -0.2) is 47.3 Å². The monoisotopic (exact) mass is 461 g/mol. The summed E-state index contributed by atoms with van der Waals surface area (Å²) in [5, 5.41) is 11.3. The van der Waals surface area contributed by atoms with E-state index in [1.54, 1.807) is 24.8 Å². The summed E-state index contributed by atoms with van der Waals surface area (Å²) < 4.78 is 7.11. The van der Waals surface area contributed by atoms with Crippen molar-refractivity contribution < 1.29 is 9.32 Å². The van der Waals surface area contributed by atoms with Crippen molar-refractivity contribution in [3.05, 3.63) is 54.5 Å². The maximum absolute atomic E-state index is 11.8. The number of anilines is 1. The van der Waals surface area contributed by atoms with Gasteiger partial charge in [-0.2, -0.15) is 10.1 Å². The molecule has 4 heterocycles. The van der Waals surface area contributed by atoms with Gasteiger partial charge in [-0.15, -0.1) is 0 Å². The molecule has 1 amide bonds. The number of carbonyl (C=O) groups is 1. The predicted molar refractivity (Wildman–Crippen MR) is 125 cm³/mol. The van der Waals surface area contributed by atoms with Gasteiger partial charge in [0.25, 0.3) is 5.89 Å². The molecule has 0 aliphatic heterocycles. The first kappa shape index (κ1) is 23.0. The summed E-state index contributed by atoms with van der Waals surface area (Å²) in [6.07, 6.45) is 8.41. The Morgan fingerprint density at radius 3 is 2.56 bits per heavy atom. The molecular formula is C23H27N9O2. The Labute approximate surface area is 196 Å². The first-order valence-corrected chi connectivity index (χ1v) is 11.0. The normalized spacial score (nSPS) is 13.1. The summed E-state index contributed by atoms with van der Waals surface area (Å²) in [6.45, 7) is 8.82. The summed E-state index contributed by atoms with van der Waals surface area (Å²) in [6, 6.07) is 3.91. The molecule has 0 aliphatic carbocycles. The Hall–Kier alpha value is -4.15. The zero-order chi connectivity index (χ0) is 24.3. The van der Waals surface area contributed by atoms with Crippen LogP contribution in [0.5, 0.6) is 0 Å². The summed E-state index contributed by atoms with van der Waals surface area (Å²) in [4.78, 5) is 29.1. The number of amides is 1. The van der Waals surface area contributed by atoms with E-state index in [4.69, 9.17) is 10.3 Å². The number of nitrogens with one attached hydrogen (secondary N) is 1. The van der Waals surface area contributed by atoms with Crippen LogP contribution in [-0.2, 0) is 16.8 Å². The number of nitrogens with two attached hydrogens (primary N) is 1. The second-order valence-corrected chi connectivity index (χ2v) is 8.42. The standard InChI is InChI=1S/C23H27N9O2/c1-5-25-19(33)13-32-12-16(10-29-32)20-30-21(31-34-20)23(4,14(2)3)17-6-7-18(26-11-17)15-8-27-22(24)28-9-15/h6-12,14H,5,13H2,1-4H3,(H,25,33)(H2,24,27,28). The van der Waals surface area contributed by atoms with Gasteiger partial charge in [-0.25, -0.2) is 9.97 Å². The fourth-order valence-electron chi connectivity index (χ4n) is 3.58. The van der Waals surface area contributed by atoms with Gasteiger partial charge in [-0.05, 0) is 31.4 Å². The Kier molecular flexibility index (Phi) is 6.35. The number of carbonyl (C=O) groups excluding carboxylic acids is 1. The van der Waals surface area contributed by atoms with Crippen LogP contribution in [0.2, 0.25) is 0 Å². The summed E-state index contributed by atoms with van der Waals surface area (Å²) in [7, 11) is 0. The van der Waals surface area contributed by atoms with Gasteiger partial charge in [0, 0.05) is 36.9 Å². The van der Waals surface area contributed by atoms with Gasteiger partial charge in [0.1, 0.15) is 6.54 Å². The summed E-state index contributed by atoms with van der Waals surface area (Å²) in [5.74, 6) is 1.13. The third-order valence-corrected chi connectivity index (χ3v) is 5.94. The molecule has 3 N–H and O–H groups in total. The third-order valence-electron chi connectivity index (χ3n) is 5.94. The fourth-order valence-corrected chi connectivity index (χ4v) is 3.58. The van der Waals surface area contributed by atoms with E-state index in [-0.39, 0.29) is 24.3 Å². The van der Waals surface area contributed by atoms with Crippen LogP contribution in [0.3, 0.4) is 0 Å². The van der Waals surface area contributed by atoms with Crippen LogP contribution >= 0.6 is 0 Å². The summed E-state index contributed by atoms with van der Waals surface area (Å²) >= 11 is 0. The fraction of sp³-hybridized carbons (Fsp3) is 0.348. The minimum absolute atomic E-state index is 0.114. The smallest absolute Gasteiger partial charge is 0.261 e. The minimum atomic E-state index is -0.554. The van der Waals surface area contributed by atoms with Gasteiger partial charge in [0.15, 0.2) is 5.82 Å². The average molecular weight is 462 g/mol. The largest absolute Gasteiger partial charge is 0.368 e. The molecule has 0 bridgehead atoms. The maximum atomic E-state index is 11.8. The highest BCUT2D eigenvalue weighted by Crippen LogP contribution is 2.38. The average Bonchev–Trinajstić information content (AvgIpc) is 3.49. The molecule has 4 rings (SSSR count). The van der Waals surface area contributed by atoms with E-state index in [0.717, 1.165) is 16.8 Å². The number of hydrogen-bond donors (Lipinski definition) is 2. The zero-order valence-electron chi connectivity index (χ0n) is 19.6. The van der Waals surface area contributed by atoms with E-state index in [1.807, 2.05) is 25.3 Å². The van der Waals surface area contributed by atoms with Gasteiger partial charge < -0.3 is 15.6 Å². The topological polar surface area (TPSA) is 151 Å². The highest BCUT2D eigenvalue weighted by molar-refractivity contribution is 5.75. The van der Waals surface area contributed by atoms with Crippen molar-refractivity contribution in [3.8, 4) is 22.7 Å². The minimum Gasteiger partial charge on any atom is -0.368 e. The molecule has 4 aromatic rings. The van der Waals surface area contributed by atoms with E-state index < -0.39 is 5.41 Å². The number of rotatable bonds is 8. The SMILES string of the molecule is CCNC(=O)Cn1cc(-c2nc(C(C)(c3ccc(-c4cnc(N)nc4)nc3)C(C)C)no2)cn1. The van der Waals surface area contributed by atoms with Gasteiger partial charge >= 0.3 is 0 Å². The van der Waals surface area contributed by atoms with Crippen molar-refractivity contribution in [1.29, 1.82) is 0 Å². The van der Waals surface area contributed by atoms with Crippen LogP contribution in [0.25, 0.3) is 22.7 Å². The maximum Gasteiger partial charge on any atom is 0.261 e. The molecule has 0 saturated carbocycles. The molecule has 34 heavy (non-hydrogen) atoms. The first-order chi connectivity index (χ1) is 16.3. The molecule has 1 atom stereocenters. The van der Waals surface area contributed by atoms with Crippen molar-refractivity contribution in [3.63, 3.8) is 0 Å². The summed E-state index contributed by atoms with van der Waals surface area (Å²) in [5.41, 5.74) is 8.13. The second kappa shape index (κ2) is 9.38. The lowest BCUT2D eigenvalue weighted by Gasteiger charge is -2.30. The molecule has 11 nitrogen and oxygen atoms in total. The molecule has 1 unspecified atom stereocenters. The lowest BCUT2D eigenvalue weighted by molar-refractivity contribution is -0.121. The van der Waals surface area contributed by atoms with Crippen molar-refractivity contribution >= 4 is 11.9 Å². The van der Waals surface area contributed by atoms with E-state index in [1.165, 1.54) is 4.68 Å². The number of nitrogens with zero attached hydrogens (tertiary/aromatic N) is 7. The molecular weight excluding hydrogens is 434 g/mol. The lowest BCUT2D eigenvalue weighted by Crippen LogP contribution is -2.31. The van der Waals surface area contributed by atoms with Crippen molar-refractivity contribution in [2.45, 2.75) is 39.7 Å². The highest BCUT2D eigenvalue weighted by Gasteiger charge is 2.38. The number of aromatic nitrogens is 7. The molecule has 4 aromatic heterocycles. The Morgan fingerprint density at radius 1 is 1.15 bits per heavy atom. The molecule has 0 saturated heterocycles.